The van der Waals surface area contributed by atoms with Crippen molar-refractivity contribution in [1.29, 1.82) is 0 Å². The van der Waals surface area contributed by atoms with Crippen molar-refractivity contribution in [3.05, 3.63) is 18.2 Å². The molecule has 15 heavy (non-hydrogen) atoms. The van der Waals surface area contributed by atoms with Crippen molar-refractivity contribution in [2.75, 3.05) is 26.2 Å². The van der Waals surface area contributed by atoms with Gasteiger partial charge >= 0.3 is 0 Å². The van der Waals surface area contributed by atoms with Crippen LogP contribution in [0.3, 0.4) is 0 Å². The minimum Gasteiger partial charge on any atom is -0.337 e. The molecule has 0 spiro atoms. The van der Waals surface area contributed by atoms with Gasteiger partial charge in [0.2, 0.25) is 0 Å². The van der Waals surface area contributed by atoms with Gasteiger partial charge in [0, 0.05) is 32.9 Å². The number of aryl methyl sites for hydroxylation is 1. The van der Waals surface area contributed by atoms with Crippen molar-refractivity contribution < 1.29 is 0 Å². The van der Waals surface area contributed by atoms with Gasteiger partial charge in [0.15, 0.2) is 0 Å². The first kappa shape index (κ1) is 12.2. The third kappa shape index (κ3) is 4.01. The smallest absolute Gasteiger partial charge is 0.0945 e. The maximum Gasteiger partial charge on any atom is 0.0945 e. The van der Waals surface area contributed by atoms with Gasteiger partial charge < -0.3 is 14.8 Å². The Hall–Kier alpha value is -0.870. The molecule has 4 heteroatoms. The lowest BCUT2D eigenvalue weighted by atomic mass is 10.4. The molecule has 86 valence electrons. The van der Waals surface area contributed by atoms with Gasteiger partial charge in [-0.3, -0.25) is 0 Å². The molecular weight excluding hydrogens is 188 g/mol. The minimum atomic E-state index is 0.901. The van der Waals surface area contributed by atoms with Crippen LogP contribution in [0.1, 0.15) is 19.5 Å². The zero-order valence-electron chi connectivity index (χ0n) is 10.0. The van der Waals surface area contributed by atoms with E-state index in [0.717, 1.165) is 32.7 Å². The van der Waals surface area contributed by atoms with Crippen molar-refractivity contribution >= 4 is 0 Å². The van der Waals surface area contributed by atoms with E-state index in [1.54, 1.807) is 0 Å². The van der Waals surface area contributed by atoms with Crippen LogP contribution in [0.2, 0.25) is 0 Å². The fourth-order valence-electron chi connectivity index (χ4n) is 1.55. The second kappa shape index (κ2) is 6.58. The van der Waals surface area contributed by atoms with Crippen molar-refractivity contribution in [2.45, 2.75) is 20.4 Å². The first-order valence-corrected chi connectivity index (χ1v) is 5.66. The molecule has 1 rings (SSSR count). The summed E-state index contributed by atoms with van der Waals surface area (Å²) in [5.74, 6) is 0. The summed E-state index contributed by atoms with van der Waals surface area (Å²) in [4.78, 5) is 6.49. The number of hydrogen-bond acceptors (Lipinski definition) is 3. The molecule has 0 saturated carbocycles. The molecule has 0 unspecified atom stereocenters. The van der Waals surface area contributed by atoms with Gasteiger partial charge in [-0.15, -0.1) is 0 Å². The highest BCUT2D eigenvalue weighted by Gasteiger charge is 1.99. The van der Waals surface area contributed by atoms with Gasteiger partial charge in [0.1, 0.15) is 0 Å². The molecular formula is C11H22N4. The van der Waals surface area contributed by atoms with Crippen LogP contribution in [0, 0.1) is 0 Å². The average Bonchev–Trinajstić information content (AvgIpc) is 2.65. The van der Waals surface area contributed by atoms with E-state index in [0.29, 0.717) is 0 Å². The van der Waals surface area contributed by atoms with E-state index in [4.69, 9.17) is 0 Å². The number of nitrogens with one attached hydrogen (secondary N) is 1. The second-order valence-electron chi connectivity index (χ2n) is 3.70. The highest BCUT2D eigenvalue weighted by molar-refractivity contribution is 4.96. The molecule has 1 aromatic heterocycles. The molecule has 0 aliphatic heterocycles. The third-order valence-electron chi connectivity index (χ3n) is 2.72. The van der Waals surface area contributed by atoms with Crippen LogP contribution in [-0.4, -0.2) is 40.6 Å². The highest BCUT2D eigenvalue weighted by atomic mass is 15.1. The van der Waals surface area contributed by atoms with Crippen molar-refractivity contribution in [3.8, 4) is 0 Å². The molecule has 4 nitrogen and oxygen atoms in total. The summed E-state index contributed by atoms with van der Waals surface area (Å²) in [7, 11) is 2.02. The van der Waals surface area contributed by atoms with Gasteiger partial charge in [-0.1, -0.05) is 13.8 Å². The normalized spacial score (nSPS) is 11.2. The molecule has 1 aromatic rings. The standard InChI is InChI=1S/C11H22N4/c1-4-15(5-2)7-6-12-8-11-9-13-10-14(11)3/h9-10,12H,4-8H2,1-3H3. The zero-order chi connectivity index (χ0) is 11.1. The molecule has 0 fully saturated rings. The number of imidazole rings is 1. The van der Waals surface area contributed by atoms with Crippen molar-refractivity contribution in [2.24, 2.45) is 7.05 Å². The summed E-state index contributed by atoms with van der Waals surface area (Å²) in [5.41, 5.74) is 1.23. The van der Waals surface area contributed by atoms with E-state index in [1.165, 1.54) is 5.69 Å². The summed E-state index contributed by atoms with van der Waals surface area (Å²) in [6, 6.07) is 0. The van der Waals surface area contributed by atoms with Crippen LogP contribution in [-0.2, 0) is 13.6 Å². The number of aromatic nitrogens is 2. The molecule has 0 saturated heterocycles. The van der Waals surface area contributed by atoms with Crippen molar-refractivity contribution in [1.82, 2.24) is 19.8 Å². The quantitative estimate of drug-likeness (QED) is 0.677. The molecule has 0 aliphatic carbocycles. The summed E-state index contributed by atoms with van der Waals surface area (Å²) in [6.07, 6.45) is 3.74. The monoisotopic (exact) mass is 210 g/mol. The van der Waals surface area contributed by atoms with Crippen LogP contribution >= 0.6 is 0 Å². The Morgan fingerprint density at radius 1 is 1.40 bits per heavy atom. The lowest BCUT2D eigenvalue weighted by molar-refractivity contribution is 0.302. The Kier molecular flexibility index (Phi) is 5.36. The Morgan fingerprint density at radius 3 is 2.67 bits per heavy atom. The molecule has 0 radical (unpaired) electrons. The SMILES string of the molecule is CCN(CC)CCNCc1cncn1C. The predicted octanol–water partition coefficient (Wildman–Crippen LogP) is 0.851. The molecule has 0 aliphatic rings. The fourth-order valence-corrected chi connectivity index (χ4v) is 1.55. The number of rotatable bonds is 7. The number of likely N-dealkylation sites (N-methyl/N-ethyl adjacent to an activating group) is 1. The van der Waals surface area contributed by atoms with E-state index >= 15 is 0 Å². The summed E-state index contributed by atoms with van der Waals surface area (Å²) in [5, 5.41) is 3.43. The van der Waals surface area contributed by atoms with E-state index < -0.39 is 0 Å². The molecule has 0 aromatic carbocycles. The Bertz CT molecular complexity index is 265. The second-order valence-corrected chi connectivity index (χ2v) is 3.70. The zero-order valence-corrected chi connectivity index (χ0v) is 10.0. The maximum atomic E-state index is 4.08. The van der Waals surface area contributed by atoms with Crippen molar-refractivity contribution in [3.63, 3.8) is 0 Å². The maximum absolute atomic E-state index is 4.08. The summed E-state index contributed by atoms with van der Waals surface area (Å²) >= 11 is 0. The first-order valence-electron chi connectivity index (χ1n) is 5.66. The Balaban J connectivity index is 2.14. The lowest BCUT2D eigenvalue weighted by Gasteiger charge is -2.17. The van der Waals surface area contributed by atoms with Crippen LogP contribution in [0.4, 0.5) is 0 Å². The van der Waals surface area contributed by atoms with Gasteiger partial charge in [0.25, 0.3) is 0 Å². The number of hydrogen-bond donors (Lipinski definition) is 1. The molecule has 0 atom stereocenters. The first-order chi connectivity index (χ1) is 7.27. The van der Waals surface area contributed by atoms with Crippen LogP contribution < -0.4 is 5.32 Å². The molecule has 1 N–H and O–H groups in total. The Morgan fingerprint density at radius 2 is 2.13 bits per heavy atom. The summed E-state index contributed by atoms with van der Waals surface area (Å²) in [6.45, 7) is 9.71. The van der Waals surface area contributed by atoms with Crippen LogP contribution in [0.25, 0.3) is 0 Å². The average molecular weight is 210 g/mol. The van der Waals surface area contributed by atoms with Gasteiger partial charge in [-0.25, -0.2) is 4.98 Å². The van der Waals surface area contributed by atoms with E-state index in [2.05, 4.69) is 29.0 Å². The topological polar surface area (TPSA) is 33.1 Å². The van der Waals surface area contributed by atoms with E-state index in [9.17, 15) is 0 Å². The summed E-state index contributed by atoms with van der Waals surface area (Å²) < 4.78 is 2.05. The van der Waals surface area contributed by atoms with E-state index in [-0.39, 0.29) is 0 Å². The lowest BCUT2D eigenvalue weighted by Crippen LogP contribution is -2.31. The van der Waals surface area contributed by atoms with E-state index in [1.807, 2.05) is 24.1 Å². The molecule has 0 bridgehead atoms. The Labute approximate surface area is 92.3 Å². The molecule has 0 amide bonds. The highest BCUT2D eigenvalue weighted by Crippen LogP contribution is 1.94. The largest absolute Gasteiger partial charge is 0.337 e. The third-order valence-corrected chi connectivity index (χ3v) is 2.72. The van der Waals surface area contributed by atoms with Crippen LogP contribution in [0.15, 0.2) is 12.5 Å². The number of nitrogens with zero attached hydrogens (tertiary/aromatic N) is 3. The van der Waals surface area contributed by atoms with Gasteiger partial charge in [-0.2, -0.15) is 0 Å². The predicted molar refractivity (Wildman–Crippen MR) is 62.7 cm³/mol. The fraction of sp³-hybridized carbons (Fsp3) is 0.727. The minimum absolute atomic E-state index is 0.901. The van der Waals surface area contributed by atoms with Crippen LogP contribution in [0.5, 0.6) is 0 Å². The molecule has 1 heterocycles. The van der Waals surface area contributed by atoms with Gasteiger partial charge in [0.05, 0.1) is 12.0 Å². The van der Waals surface area contributed by atoms with Gasteiger partial charge in [-0.05, 0) is 13.1 Å².